The standard InChI is InChI=1S/C18H30N2O/c1-5-21-18-7-6-16(15(4)19)9-17(18)12-20-10-13(2)8-14(3)11-20/h6-7,9,13-15H,5,8,10-12,19H2,1-4H3. The van der Waals surface area contributed by atoms with Crippen molar-refractivity contribution < 1.29 is 4.74 Å². The predicted molar refractivity (Wildman–Crippen MR) is 88.4 cm³/mol. The van der Waals surface area contributed by atoms with Crippen LogP contribution < -0.4 is 10.5 Å². The van der Waals surface area contributed by atoms with Gasteiger partial charge in [0.05, 0.1) is 6.61 Å². The fourth-order valence-corrected chi connectivity index (χ4v) is 3.46. The average molecular weight is 290 g/mol. The van der Waals surface area contributed by atoms with Crippen molar-refractivity contribution in [3.63, 3.8) is 0 Å². The third-order valence-corrected chi connectivity index (χ3v) is 4.25. The minimum atomic E-state index is 0.0682. The van der Waals surface area contributed by atoms with Crippen LogP contribution in [0, 0.1) is 11.8 Å². The van der Waals surface area contributed by atoms with Gasteiger partial charge in [-0.1, -0.05) is 19.9 Å². The number of nitrogens with two attached hydrogens (primary N) is 1. The zero-order chi connectivity index (χ0) is 15.4. The highest BCUT2D eigenvalue weighted by molar-refractivity contribution is 5.38. The second-order valence-electron chi connectivity index (χ2n) is 6.73. The summed E-state index contributed by atoms with van der Waals surface area (Å²) in [5, 5.41) is 0. The quantitative estimate of drug-likeness (QED) is 0.900. The van der Waals surface area contributed by atoms with E-state index in [0.29, 0.717) is 6.61 Å². The Labute approximate surface area is 129 Å². The molecule has 0 amide bonds. The van der Waals surface area contributed by atoms with Crippen LogP contribution in [0.25, 0.3) is 0 Å². The fraction of sp³-hybridized carbons (Fsp3) is 0.667. The Kier molecular flexibility index (Phi) is 5.65. The van der Waals surface area contributed by atoms with E-state index in [2.05, 4.69) is 36.9 Å². The number of nitrogens with zero attached hydrogens (tertiary/aromatic N) is 1. The van der Waals surface area contributed by atoms with Crippen molar-refractivity contribution in [3.8, 4) is 5.75 Å². The van der Waals surface area contributed by atoms with Crippen LogP contribution in [0.2, 0.25) is 0 Å². The molecule has 1 fully saturated rings. The summed E-state index contributed by atoms with van der Waals surface area (Å²) < 4.78 is 5.80. The van der Waals surface area contributed by atoms with Crippen molar-refractivity contribution in [1.82, 2.24) is 4.90 Å². The number of benzene rings is 1. The molecule has 1 aromatic carbocycles. The molecular formula is C18H30N2O. The molecule has 1 aromatic rings. The van der Waals surface area contributed by atoms with E-state index in [1.165, 1.54) is 30.6 Å². The molecule has 21 heavy (non-hydrogen) atoms. The van der Waals surface area contributed by atoms with Crippen LogP contribution in [0.3, 0.4) is 0 Å². The van der Waals surface area contributed by atoms with Gasteiger partial charge in [0.1, 0.15) is 5.75 Å². The summed E-state index contributed by atoms with van der Waals surface area (Å²) in [6.07, 6.45) is 1.34. The summed E-state index contributed by atoms with van der Waals surface area (Å²) in [6, 6.07) is 6.45. The molecule has 0 spiro atoms. The van der Waals surface area contributed by atoms with Crippen LogP contribution in [-0.4, -0.2) is 24.6 Å². The van der Waals surface area contributed by atoms with Gasteiger partial charge in [-0.05, 0) is 49.8 Å². The summed E-state index contributed by atoms with van der Waals surface area (Å²) in [5.74, 6) is 2.56. The first kappa shape index (κ1) is 16.3. The van der Waals surface area contributed by atoms with Crippen molar-refractivity contribution >= 4 is 0 Å². The van der Waals surface area contributed by atoms with Crippen molar-refractivity contribution in [3.05, 3.63) is 29.3 Å². The monoisotopic (exact) mass is 290 g/mol. The maximum Gasteiger partial charge on any atom is 0.123 e. The second kappa shape index (κ2) is 7.28. The normalized spacial score (nSPS) is 24.8. The van der Waals surface area contributed by atoms with Crippen molar-refractivity contribution in [2.45, 2.75) is 46.7 Å². The third kappa shape index (κ3) is 4.45. The molecule has 0 aliphatic carbocycles. The van der Waals surface area contributed by atoms with Gasteiger partial charge < -0.3 is 10.5 Å². The van der Waals surface area contributed by atoms with E-state index in [-0.39, 0.29) is 6.04 Å². The number of hydrogen-bond acceptors (Lipinski definition) is 3. The minimum absolute atomic E-state index is 0.0682. The van der Waals surface area contributed by atoms with E-state index in [4.69, 9.17) is 10.5 Å². The lowest BCUT2D eigenvalue weighted by Crippen LogP contribution is -2.38. The zero-order valence-electron chi connectivity index (χ0n) is 13.9. The third-order valence-electron chi connectivity index (χ3n) is 4.25. The minimum Gasteiger partial charge on any atom is -0.494 e. The Bertz CT molecular complexity index is 449. The van der Waals surface area contributed by atoms with Crippen LogP contribution in [0.5, 0.6) is 5.75 Å². The highest BCUT2D eigenvalue weighted by Crippen LogP contribution is 2.27. The smallest absolute Gasteiger partial charge is 0.123 e. The van der Waals surface area contributed by atoms with Gasteiger partial charge in [0.15, 0.2) is 0 Å². The molecule has 2 rings (SSSR count). The highest BCUT2D eigenvalue weighted by Gasteiger charge is 2.22. The van der Waals surface area contributed by atoms with Crippen LogP contribution >= 0.6 is 0 Å². The van der Waals surface area contributed by atoms with Crippen LogP contribution in [0.1, 0.15) is 51.3 Å². The number of piperidine rings is 1. The Morgan fingerprint density at radius 1 is 1.29 bits per heavy atom. The molecule has 3 heteroatoms. The SMILES string of the molecule is CCOc1ccc(C(C)N)cc1CN1CC(C)CC(C)C1. The molecule has 1 aliphatic heterocycles. The van der Waals surface area contributed by atoms with Crippen LogP contribution in [0.15, 0.2) is 18.2 Å². The number of rotatable bonds is 5. The molecule has 2 N–H and O–H groups in total. The van der Waals surface area contributed by atoms with E-state index < -0.39 is 0 Å². The fourth-order valence-electron chi connectivity index (χ4n) is 3.46. The lowest BCUT2D eigenvalue weighted by atomic mass is 9.91. The Hall–Kier alpha value is -1.06. The molecule has 1 aliphatic rings. The topological polar surface area (TPSA) is 38.5 Å². The summed E-state index contributed by atoms with van der Waals surface area (Å²) in [5.41, 5.74) is 8.49. The molecule has 118 valence electrons. The van der Waals surface area contributed by atoms with Gasteiger partial charge in [0, 0.05) is 31.2 Å². The van der Waals surface area contributed by atoms with Gasteiger partial charge in [-0.25, -0.2) is 0 Å². The Morgan fingerprint density at radius 2 is 1.95 bits per heavy atom. The first-order valence-electron chi connectivity index (χ1n) is 8.23. The largest absolute Gasteiger partial charge is 0.494 e. The molecular weight excluding hydrogens is 260 g/mol. The molecule has 1 saturated heterocycles. The predicted octanol–water partition coefficient (Wildman–Crippen LogP) is 3.58. The molecule has 3 atom stereocenters. The molecule has 3 unspecified atom stereocenters. The van der Waals surface area contributed by atoms with Crippen LogP contribution in [-0.2, 0) is 6.54 Å². The zero-order valence-corrected chi connectivity index (χ0v) is 13.9. The van der Waals surface area contributed by atoms with E-state index in [9.17, 15) is 0 Å². The summed E-state index contributed by atoms with van der Waals surface area (Å²) in [4.78, 5) is 2.56. The molecule has 3 nitrogen and oxygen atoms in total. The van der Waals surface area contributed by atoms with E-state index in [1.807, 2.05) is 13.8 Å². The number of hydrogen-bond donors (Lipinski definition) is 1. The van der Waals surface area contributed by atoms with Crippen molar-refractivity contribution in [1.29, 1.82) is 0 Å². The first-order chi connectivity index (χ1) is 9.99. The maximum atomic E-state index is 6.03. The van der Waals surface area contributed by atoms with Gasteiger partial charge in [-0.3, -0.25) is 4.90 Å². The number of ether oxygens (including phenoxy) is 1. The second-order valence-corrected chi connectivity index (χ2v) is 6.73. The Balaban J connectivity index is 2.17. The van der Waals surface area contributed by atoms with Gasteiger partial charge in [0.25, 0.3) is 0 Å². The summed E-state index contributed by atoms with van der Waals surface area (Å²) in [7, 11) is 0. The highest BCUT2D eigenvalue weighted by atomic mass is 16.5. The van der Waals surface area contributed by atoms with Crippen molar-refractivity contribution in [2.75, 3.05) is 19.7 Å². The van der Waals surface area contributed by atoms with Crippen LogP contribution in [0.4, 0.5) is 0 Å². The van der Waals surface area contributed by atoms with Gasteiger partial charge in [0.2, 0.25) is 0 Å². The van der Waals surface area contributed by atoms with Crippen molar-refractivity contribution in [2.24, 2.45) is 17.6 Å². The summed E-state index contributed by atoms with van der Waals surface area (Å²) >= 11 is 0. The van der Waals surface area contributed by atoms with E-state index in [0.717, 1.165) is 24.1 Å². The molecule has 0 radical (unpaired) electrons. The molecule has 0 bridgehead atoms. The lowest BCUT2D eigenvalue weighted by Gasteiger charge is -2.35. The number of likely N-dealkylation sites (tertiary alicyclic amines) is 1. The first-order valence-corrected chi connectivity index (χ1v) is 8.23. The van der Waals surface area contributed by atoms with E-state index >= 15 is 0 Å². The molecule has 0 aromatic heterocycles. The average Bonchev–Trinajstić information content (AvgIpc) is 2.39. The van der Waals surface area contributed by atoms with Gasteiger partial charge in [-0.2, -0.15) is 0 Å². The van der Waals surface area contributed by atoms with Gasteiger partial charge in [-0.15, -0.1) is 0 Å². The lowest BCUT2D eigenvalue weighted by molar-refractivity contribution is 0.133. The van der Waals surface area contributed by atoms with E-state index in [1.54, 1.807) is 0 Å². The molecule has 0 saturated carbocycles. The molecule has 1 heterocycles. The van der Waals surface area contributed by atoms with Gasteiger partial charge >= 0.3 is 0 Å². The summed E-state index contributed by atoms with van der Waals surface area (Å²) in [6.45, 7) is 12.8. The maximum absolute atomic E-state index is 6.03. The Morgan fingerprint density at radius 3 is 2.52 bits per heavy atom.